The first-order valence-electron chi connectivity index (χ1n) is 11.8. The SMILES string of the molecule is CC(CO)(CCCCNC(=O)NCCCCC(C)(CO)c1ccccc1)c1ccccc1. The maximum absolute atomic E-state index is 12.0. The van der Waals surface area contributed by atoms with E-state index in [4.69, 9.17) is 0 Å². The minimum atomic E-state index is -0.244. The molecule has 0 fully saturated rings. The number of aliphatic hydroxyl groups excluding tert-OH is 2. The Labute approximate surface area is 193 Å². The van der Waals surface area contributed by atoms with E-state index in [9.17, 15) is 15.0 Å². The van der Waals surface area contributed by atoms with Crippen LogP contribution in [-0.2, 0) is 10.8 Å². The number of hydrogen-bond acceptors (Lipinski definition) is 3. The quantitative estimate of drug-likeness (QED) is 0.326. The lowest BCUT2D eigenvalue weighted by Gasteiger charge is -2.28. The lowest BCUT2D eigenvalue weighted by molar-refractivity contribution is 0.193. The summed E-state index contributed by atoms with van der Waals surface area (Å²) < 4.78 is 0. The van der Waals surface area contributed by atoms with Gasteiger partial charge in [0.1, 0.15) is 0 Å². The maximum Gasteiger partial charge on any atom is 0.314 e. The molecule has 32 heavy (non-hydrogen) atoms. The van der Waals surface area contributed by atoms with Gasteiger partial charge < -0.3 is 20.8 Å². The maximum atomic E-state index is 12.0. The molecule has 2 rings (SSSR count). The molecule has 5 nitrogen and oxygen atoms in total. The van der Waals surface area contributed by atoms with Gasteiger partial charge in [-0.3, -0.25) is 0 Å². The number of urea groups is 1. The largest absolute Gasteiger partial charge is 0.395 e. The first-order chi connectivity index (χ1) is 15.4. The molecule has 0 saturated carbocycles. The summed E-state index contributed by atoms with van der Waals surface area (Å²) in [5.41, 5.74) is 1.81. The van der Waals surface area contributed by atoms with Gasteiger partial charge in [-0.25, -0.2) is 4.79 Å². The Hall–Kier alpha value is -2.37. The second kappa shape index (κ2) is 13.2. The second-order valence-corrected chi connectivity index (χ2v) is 9.27. The minimum Gasteiger partial charge on any atom is -0.395 e. The number of nitrogens with one attached hydrogen (secondary N) is 2. The highest BCUT2D eigenvalue weighted by Crippen LogP contribution is 2.29. The summed E-state index contributed by atoms with van der Waals surface area (Å²) in [5.74, 6) is 0. The van der Waals surface area contributed by atoms with Gasteiger partial charge >= 0.3 is 6.03 Å². The molecule has 2 aromatic rings. The third-order valence-corrected chi connectivity index (χ3v) is 6.52. The Balaban J connectivity index is 1.58. The molecule has 0 aliphatic carbocycles. The van der Waals surface area contributed by atoms with Crippen molar-refractivity contribution in [3.8, 4) is 0 Å². The number of amides is 2. The fourth-order valence-electron chi connectivity index (χ4n) is 4.06. The summed E-state index contributed by atoms with van der Waals surface area (Å²) >= 11 is 0. The second-order valence-electron chi connectivity index (χ2n) is 9.27. The van der Waals surface area contributed by atoms with Crippen LogP contribution < -0.4 is 10.6 Å². The monoisotopic (exact) mass is 440 g/mol. The molecule has 2 aromatic carbocycles. The van der Waals surface area contributed by atoms with Crippen molar-refractivity contribution < 1.29 is 15.0 Å². The summed E-state index contributed by atoms with van der Waals surface area (Å²) in [6, 6.07) is 20.1. The molecule has 0 aliphatic rings. The number of unbranched alkanes of at least 4 members (excludes halogenated alkanes) is 2. The standard InChI is InChI=1S/C27H40N2O3/c1-26(21-30,23-13-5-3-6-14-23)17-9-11-19-28-25(32)29-20-12-10-18-27(2,22-31)24-15-7-4-8-16-24/h3-8,13-16,30-31H,9-12,17-22H2,1-2H3,(H2,28,29,32). The van der Waals surface area contributed by atoms with Crippen LogP contribution in [0.4, 0.5) is 4.79 Å². The van der Waals surface area contributed by atoms with Gasteiger partial charge in [0.2, 0.25) is 0 Å². The molecular weight excluding hydrogens is 400 g/mol. The lowest BCUT2D eigenvalue weighted by atomic mass is 9.79. The highest BCUT2D eigenvalue weighted by molar-refractivity contribution is 5.73. The van der Waals surface area contributed by atoms with Crippen molar-refractivity contribution in [3.63, 3.8) is 0 Å². The van der Waals surface area contributed by atoms with Crippen LogP contribution in [0, 0.1) is 0 Å². The highest BCUT2D eigenvalue weighted by Gasteiger charge is 2.25. The summed E-state index contributed by atoms with van der Waals surface area (Å²) in [6.45, 7) is 5.65. The average molecular weight is 441 g/mol. The van der Waals surface area contributed by atoms with Crippen LogP contribution in [0.25, 0.3) is 0 Å². The van der Waals surface area contributed by atoms with Crippen molar-refractivity contribution >= 4 is 6.03 Å². The number of carbonyl (C=O) groups is 1. The van der Waals surface area contributed by atoms with Gasteiger partial charge in [0, 0.05) is 23.9 Å². The molecule has 0 radical (unpaired) electrons. The van der Waals surface area contributed by atoms with Crippen LogP contribution in [0.15, 0.2) is 60.7 Å². The molecule has 4 N–H and O–H groups in total. The van der Waals surface area contributed by atoms with Gasteiger partial charge in [0.15, 0.2) is 0 Å². The van der Waals surface area contributed by atoms with Gasteiger partial charge in [-0.05, 0) is 36.8 Å². The molecule has 5 heteroatoms. The molecule has 0 aromatic heterocycles. The number of carbonyl (C=O) groups excluding carboxylic acids is 1. The summed E-state index contributed by atoms with van der Waals surface area (Å²) in [6.07, 6.45) is 5.38. The normalized spacial score (nSPS) is 14.9. The lowest BCUT2D eigenvalue weighted by Crippen LogP contribution is -2.36. The Kier molecular flexibility index (Phi) is 10.7. The van der Waals surface area contributed by atoms with Crippen molar-refractivity contribution in [2.24, 2.45) is 0 Å². The van der Waals surface area contributed by atoms with E-state index in [1.54, 1.807) is 0 Å². The molecular formula is C27H40N2O3. The Bertz CT molecular complexity index is 719. The van der Waals surface area contributed by atoms with Gasteiger partial charge in [-0.1, -0.05) is 87.4 Å². The van der Waals surface area contributed by atoms with E-state index in [-0.39, 0.29) is 30.1 Å². The van der Waals surface area contributed by atoms with Crippen molar-refractivity contribution in [2.75, 3.05) is 26.3 Å². The van der Waals surface area contributed by atoms with E-state index in [0.29, 0.717) is 13.1 Å². The third-order valence-electron chi connectivity index (χ3n) is 6.52. The Morgan fingerprint density at radius 1 is 0.688 bits per heavy atom. The predicted molar refractivity (Wildman–Crippen MR) is 131 cm³/mol. The van der Waals surface area contributed by atoms with Crippen LogP contribution in [0.3, 0.4) is 0 Å². The van der Waals surface area contributed by atoms with Crippen molar-refractivity contribution in [1.29, 1.82) is 0 Å². The van der Waals surface area contributed by atoms with E-state index >= 15 is 0 Å². The third kappa shape index (κ3) is 7.95. The summed E-state index contributed by atoms with van der Waals surface area (Å²) in [7, 11) is 0. The number of benzene rings is 2. The molecule has 0 aliphatic heterocycles. The fourth-order valence-corrected chi connectivity index (χ4v) is 4.06. The van der Waals surface area contributed by atoms with Gasteiger partial charge in [0.25, 0.3) is 0 Å². The molecule has 0 spiro atoms. The average Bonchev–Trinajstić information content (AvgIpc) is 2.84. The molecule has 2 atom stereocenters. The zero-order valence-corrected chi connectivity index (χ0v) is 19.6. The van der Waals surface area contributed by atoms with Gasteiger partial charge in [0.05, 0.1) is 13.2 Å². The molecule has 0 bridgehead atoms. The molecule has 2 amide bonds. The Morgan fingerprint density at radius 2 is 1.06 bits per heavy atom. The summed E-state index contributed by atoms with van der Waals surface area (Å²) in [5, 5.41) is 25.6. The fraction of sp³-hybridized carbons (Fsp3) is 0.519. The Morgan fingerprint density at radius 3 is 1.41 bits per heavy atom. The van der Waals surface area contributed by atoms with Crippen LogP contribution >= 0.6 is 0 Å². The van der Waals surface area contributed by atoms with E-state index < -0.39 is 0 Å². The van der Waals surface area contributed by atoms with Crippen LogP contribution in [0.2, 0.25) is 0 Å². The smallest absolute Gasteiger partial charge is 0.314 e. The van der Waals surface area contributed by atoms with E-state index in [0.717, 1.165) is 49.7 Å². The predicted octanol–water partition coefficient (Wildman–Crippen LogP) is 4.53. The molecule has 176 valence electrons. The van der Waals surface area contributed by atoms with Crippen LogP contribution in [-0.4, -0.2) is 42.5 Å². The van der Waals surface area contributed by atoms with Gasteiger partial charge in [-0.15, -0.1) is 0 Å². The topological polar surface area (TPSA) is 81.6 Å². The first kappa shape index (κ1) is 25.9. The van der Waals surface area contributed by atoms with Gasteiger partial charge in [-0.2, -0.15) is 0 Å². The number of rotatable bonds is 14. The molecule has 0 saturated heterocycles. The van der Waals surface area contributed by atoms with E-state index in [1.165, 1.54) is 0 Å². The molecule has 2 unspecified atom stereocenters. The van der Waals surface area contributed by atoms with Crippen LogP contribution in [0.1, 0.15) is 63.5 Å². The van der Waals surface area contributed by atoms with Crippen molar-refractivity contribution in [3.05, 3.63) is 71.8 Å². The van der Waals surface area contributed by atoms with E-state index in [2.05, 4.69) is 48.7 Å². The highest BCUT2D eigenvalue weighted by atomic mass is 16.3. The zero-order chi connectivity index (χ0) is 23.3. The minimum absolute atomic E-state index is 0.116. The number of hydrogen-bond donors (Lipinski definition) is 4. The first-order valence-corrected chi connectivity index (χ1v) is 11.8. The van der Waals surface area contributed by atoms with E-state index in [1.807, 2.05) is 36.4 Å². The van der Waals surface area contributed by atoms with Crippen molar-refractivity contribution in [2.45, 2.75) is 63.2 Å². The molecule has 0 heterocycles. The number of aliphatic hydroxyl groups is 2. The zero-order valence-electron chi connectivity index (χ0n) is 19.6. The van der Waals surface area contributed by atoms with Crippen molar-refractivity contribution in [1.82, 2.24) is 10.6 Å². The van der Waals surface area contributed by atoms with Crippen LogP contribution in [0.5, 0.6) is 0 Å². The summed E-state index contributed by atoms with van der Waals surface area (Å²) in [4.78, 5) is 12.0.